The molecule has 1 saturated heterocycles. The molecule has 0 spiro atoms. The zero-order valence-electron chi connectivity index (χ0n) is 15.5. The lowest BCUT2D eigenvalue weighted by atomic mass is 9.98. The van der Waals surface area contributed by atoms with Crippen molar-refractivity contribution in [1.82, 2.24) is 4.31 Å². The summed E-state index contributed by atoms with van der Waals surface area (Å²) in [7, 11) is -3.57. The summed E-state index contributed by atoms with van der Waals surface area (Å²) in [6.07, 6.45) is 1.23. The number of hydrogen-bond acceptors (Lipinski definition) is 6. The number of carbonyl (C=O) groups is 2. The Kier molecular flexibility index (Phi) is 6.48. The maximum Gasteiger partial charge on any atom is 0.338 e. The largest absolute Gasteiger partial charge is 0.462 e. The summed E-state index contributed by atoms with van der Waals surface area (Å²) in [6, 6.07) is 9.79. The van der Waals surface area contributed by atoms with Crippen LogP contribution in [-0.2, 0) is 19.6 Å². The molecule has 2 heterocycles. The summed E-state index contributed by atoms with van der Waals surface area (Å²) in [5.74, 6) is -1.16. The van der Waals surface area contributed by atoms with Gasteiger partial charge >= 0.3 is 5.97 Å². The van der Waals surface area contributed by atoms with Crippen molar-refractivity contribution in [3.63, 3.8) is 0 Å². The molecule has 1 aliphatic heterocycles. The number of thiophene rings is 1. The number of hydrogen-bond donors (Lipinski definition) is 1. The summed E-state index contributed by atoms with van der Waals surface area (Å²) >= 11 is 1.17. The second-order valence-electron chi connectivity index (χ2n) is 6.42. The molecule has 1 fully saturated rings. The van der Waals surface area contributed by atoms with E-state index in [2.05, 4.69) is 5.32 Å². The Balaban J connectivity index is 1.68. The molecule has 1 unspecified atom stereocenters. The average molecular weight is 423 g/mol. The van der Waals surface area contributed by atoms with Crippen LogP contribution in [0.4, 0.5) is 5.69 Å². The van der Waals surface area contributed by atoms with E-state index in [1.165, 1.54) is 15.6 Å². The van der Waals surface area contributed by atoms with Crippen LogP contribution in [0.3, 0.4) is 0 Å². The fraction of sp³-hybridized carbons (Fsp3) is 0.368. The molecule has 1 aliphatic rings. The van der Waals surface area contributed by atoms with Crippen molar-refractivity contribution in [2.45, 2.75) is 24.0 Å². The summed E-state index contributed by atoms with van der Waals surface area (Å²) in [4.78, 5) is 24.5. The summed E-state index contributed by atoms with van der Waals surface area (Å²) < 4.78 is 32.0. The molecule has 28 heavy (non-hydrogen) atoms. The second kappa shape index (κ2) is 8.85. The predicted molar refractivity (Wildman–Crippen MR) is 107 cm³/mol. The highest BCUT2D eigenvalue weighted by molar-refractivity contribution is 7.91. The molecule has 7 nitrogen and oxygen atoms in total. The van der Waals surface area contributed by atoms with Crippen LogP contribution in [0.25, 0.3) is 0 Å². The van der Waals surface area contributed by atoms with Crippen LogP contribution in [0.2, 0.25) is 0 Å². The predicted octanol–water partition coefficient (Wildman–Crippen LogP) is 2.96. The van der Waals surface area contributed by atoms with Gasteiger partial charge in [0.05, 0.1) is 18.1 Å². The van der Waals surface area contributed by atoms with Crippen molar-refractivity contribution in [3.05, 3.63) is 47.3 Å². The van der Waals surface area contributed by atoms with E-state index in [1.807, 2.05) is 0 Å². The first kappa shape index (κ1) is 20.5. The highest BCUT2D eigenvalue weighted by Crippen LogP contribution is 2.27. The van der Waals surface area contributed by atoms with Crippen LogP contribution in [0, 0.1) is 5.92 Å². The maximum absolute atomic E-state index is 12.7. The molecular formula is C19H22N2O5S2. The molecule has 0 aliphatic carbocycles. The van der Waals surface area contributed by atoms with Crippen molar-refractivity contribution in [1.29, 1.82) is 0 Å². The second-order valence-corrected chi connectivity index (χ2v) is 9.54. The molecule has 1 aromatic carbocycles. The zero-order chi connectivity index (χ0) is 20.1. The quantitative estimate of drug-likeness (QED) is 0.723. The molecule has 3 rings (SSSR count). The number of carbonyl (C=O) groups excluding carboxylic acids is 2. The lowest BCUT2D eigenvalue weighted by Gasteiger charge is -2.30. The molecule has 9 heteroatoms. The SMILES string of the molecule is CCOC(=O)c1cccc(NC(=O)C2CCCN(S(=O)(=O)c3cccs3)C2)c1. The van der Waals surface area contributed by atoms with Crippen LogP contribution in [0.1, 0.15) is 30.1 Å². The van der Waals surface area contributed by atoms with E-state index in [0.717, 1.165) is 0 Å². The van der Waals surface area contributed by atoms with Gasteiger partial charge in [0.25, 0.3) is 10.0 Å². The van der Waals surface area contributed by atoms with Crippen LogP contribution in [-0.4, -0.2) is 44.3 Å². The van der Waals surface area contributed by atoms with Crippen LogP contribution < -0.4 is 5.32 Å². The van der Waals surface area contributed by atoms with Crippen molar-refractivity contribution < 1.29 is 22.7 Å². The smallest absolute Gasteiger partial charge is 0.338 e. The molecule has 2 aromatic rings. The first-order chi connectivity index (χ1) is 13.4. The minimum atomic E-state index is -3.57. The average Bonchev–Trinajstić information content (AvgIpc) is 3.24. The minimum absolute atomic E-state index is 0.142. The van der Waals surface area contributed by atoms with E-state index in [9.17, 15) is 18.0 Å². The van der Waals surface area contributed by atoms with Gasteiger partial charge < -0.3 is 10.1 Å². The molecule has 150 valence electrons. The van der Waals surface area contributed by atoms with Crippen molar-refractivity contribution in [2.24, 2.45) is 5.92 Å². The van der Waals surface area contributed by atoms with Gasteiger partial charge in [-0.25, -0.2) is 13.2 Å². The lowest BCUT2D eigenvalue weighted by Crippen LogP contribution is -2.43. The molecule has 1 atom stereocenters. The molecule has 0 saturated carbocycles. The van der Waals surface area contributed by atoms with Gasteiger partial charge in [0.2, 0.25) is 5.91 Å². The third-order valence-electron chi connectivity index (χ3n) is 4.49. The Morgan fingerprint density at radius 2 is 2.11 bits per heavy atom. The first-order valence-electron chi connectivity index (χ1n) is 9.03. The Hall–Kier alpha value is -2.23. The van der Waals surface area contributed by atoms with Gasteiger partial charge in [-0.1, -0.05) is 12.1 Å². The van der Waals surface area contributed by atoms with E-state index in [-0.39, 0.29) is 23.3 Å². The van der Waals surface area contributed by atoms with Crippen molar-refractivity contribution in [3.8, 4) is 0 Å². The number of amides is 1. The summed E-state index contributed by atoms with van der Waals surface area (Å²) in [5, 5.41) is 4.51. The number of sulfonamides is 1. The number of ether oxygens (including phenoxy) is 1. The number of nitrogens with zero attached hydrogens (tertiary/aromatic N) is 1. The lowest BCUT2D eigenvalue weighted by molar-refractivity contribution is -0.120. The highest BCUT2D eigenvalue weighted by atomic mass is 32.2. The van der Waals surface area contributed by atoms with Crippen molar-refractivity contribution >= 4 is 38.9 Å². The number of benzene rings is 1. The first-order valence-corrected chi connectivity index (χ1v) is 11.4. The van der Waals surface area contributed by atoms with E-state index in [0.29, 0.717) is 30.6 Å². The van der Waals surface area contributed by atoms with Gasteiger partial charge in [0.15, 0.2) is 0 Å². The van der Waals surface area contributed by atoms with Crippen LogP contribution in [0.15, 0.2) is 46.0 Å². The van der Waals surface area contributed by atoms with Gasteiger partial charge in [-0.3, -0.25) is 4.79 Å². The van der Waals surface area contributed by atoms with Gasteiger partial charge in [0.1, 0.15) is 4.21 Å². The fourth-order valence-electron chi connectivity index (χ4n) is 3.09. The van der Waals surface area contributed by atoms with Crippen LogP contribution >= 0.6 is 11.3 Å². The van der Waals surface area contributed by atoms with E-state index >= 15 is 0 Å². The summed E-state index contributed by atoms with van der Waals surface area (Å²) in [6.45, 7) is 2.54. The fourth-order valence-corrected chi connectivity index (χ4v) is 5.76. The standard InChI is InChI=1S/C19H22N2O5S2/c1-2-26-19(23)14-6-3-8-16(12-14)20-18(22)15-7-4-10-21(13-15)28(24,25)17-9-5-11-27-17/h3,5-6,8-9,11-12,15H,2,4,7,10,13H2,1H3,(H,20,22). The molecule has 1 N–H and O–H groups in total. The van der Waals surface area contributed by atoms with Gasteiger partial charge in [-0.05, 0) is 49.4 Å². The topological polar surface area (TPSA) is 92.8 Å². The normalized spacial score (nSPS) is 17.8. The Bertz CT molecular complexity index is 941. The minimum Gasteiger partial charge on any atom is -0.462 e. The number of anilines is 1. The van der Waals surface area contributed by atoms with Crippen LogP contribution in [0.5, 0.6) is 0 Å². The molecular weight excluding hydrogens is 400 g/mol. The Morgan fingerprint density at radius 3 is 2.82 bits per heavy atom. The number of rotatable bonds is 6. The van der Waals surface area contributed by atoms with Crippen molar-refractivity contribution in [2.75, 3.05) is 25.0 Å². The van der Waals surface area contributed by atoms with E-state index in [4.69, 9.17) is 4.74 Å². The Labute approximate surface area is 168 Å². The number of esters is 1. The van der Waals surface area contributed by atoms with E-state index in [1.54, 1.807) is 48.7 Å². The maximum atomic E-state index is 12.7. The molecule has 0 bridgehead atoms. The Morgan fingerprint density at radius 1 is 1.29 bits per heavy atom. The van der Waals surface area contributed by atoms with Gasteiger partial charge in [-0.2, -0.15) is 4.31 Å². The molecule has 1 amide bonds. The monoisotopic (exact) mass is 422 g/mol. The third kappa shape index (κ3) is 4.60. The number of piperidine rings is 1. The molecule has 1 aromatic heterocycles. The van der Waals surface area contributed by atoms with E-state index < -0.39 is 21.9 Å². The summed E-state index contributed by atoms with van der Waals surface area (Å²) in [5.41, 5.74) is 0.832. The highest BCUT2D eigenvalue weighted by Gasteiger charge is 2.33. The van der Waals surface area contributed by atoms with Gasteiger partial charge in [-0.15, -0.1) is 11.3 Å². The third-order valence-corrected chi connectivity index (χ3v) is 7.72. The zero-order valence-corrected chi connectivity index (χ0v) is 17.1. The number of nitrogens with one attached hydrogen (secondary N) is 1. The van der Waals surface area contributed by atoms with Gasteiger partial charge in [0, 0.05) is 18.8 Å². The molecule has 0 radical (unpaired) electrons.